The number of rotatable bonds is 5. The zero-order chi connectivity index (χ0) is 20.2. The van der Waals surface area contributed by atoms with E-state index in [0.717, 1.165) is 5.56 Å². The van der Waals surface area contributed by atoms with Crippen LogP contribution in [0.25, 0.3) is 11.3 Å². The highest BCUT2D eigenvalue weighted by Crippen LogP contribution is 2.32. The van der Waals surface area contributed by atoms with Gasteiger partial charge in [0.2, 0.25) is 0 Å². The second kappa shape index (κ2) is 8.15. The number of furan rings is 1. The lowest BCUT2D eigenvalue weighted by atomic mass is 10.2. The topological polar surface area (TPSA) is 97.9 Å². The minimum atomic E-state index is -0.472. The number of hydrogen-bond donors (Lipinski definition) is 1. The minimum Gasteiger partial charge on any atom is -0.451 e. The second-order valence-electron chi connectivity index (χ2n) is 6.54. The maximum Gasteiger partial charge on any atom is 0.294 e. The van der Waals surface area contributed by atoms with Crippen LogP contribution in [0.2, 0.25) is 0 Å². The van der Waals surface area contributed by atoms with Crippen LogP contribution in [0.5, 0.6) is 0 Å². The van der Waals surface area contributed by atoms with Gasteiger partial charge in [0.25, 0.3) is 11.6 Å². The SMILES string of the molecule is O=C(Nc1ccc(N2CCOCC2)c([N+](=O)[O-])c1)c1ccc(-c2ccccc2)o1. The van der Waals surface area contributed by atoms with Crippen LogP contribution < -0.4 is 10.2 Å². The molecule has 1 aliphatic rings. The summed E-state index contributed by atoms with van der Waals surface area (Å²) in [6, 6.07) is 17.4. The van der Waals surface area contributed by atoms with Crippen molar-refractivity contribution >= 4 is 23.0 Å². The number of anilines is 2. The van der Waals surface area contributed by atoms with E-state index in [1.807, 2.05) is 35.2 Å². The predicted molar refractivity (Wildman–Crippen MR) is 108 cm³/mol. The number of carbonyl (C=O) groups is 1. The van der Waals surface area contributed by atoms with Crippen molar-refractivity contribution in [2.75, 3.05) is 36.5 Å². The third kappa shape index (κ3) is 4.12. The summed E-state index contributed by atoms with van der Waals surface area (Å²) in [5.74, 6) is 0.230. The third-order valence-corrected chi connectivity index (χ3v) is 4.67. The van der Waals surface area contributed by atoms with Gasteiger partial charge in [-0.25, -0.2) is 0 Å². The molecule has 2 heterocycles. The van der Waals surface area contributed by atoms with Crippen molar-refractivity contribution in [2.24, 2.45) is 0 Å². The number of nitro groups is 1. The van der Waals surface area contributed by atoms with Gasteiger partial charge in [0.05, 0.1) is 18.1 Å². The fraction of sp³-hybridized carbons (Fsp3) is 0.190. The number of amides is 1. The van der Waals surface area contributed by atoms with Crippen LogP contribution in [0.4, 0.5) is 17.1 Å². The average molecular weight is 393 g/mol. The Kier molecular flexibility index (Phi) is 5.26. The smallest absolute Gasteiger partial charge is 0.294 e. The molecule has 1 amide bonds. The van der Waals surface area contributed by atoms with Gasteiger partial charge in [-0.15, -0.1) is 0 Å². The fourth-order valence-corrected chi connectivity index (χ4v) is 3.23. The van der Waals surface area contributed by atoms with Gasteiger partial charge >= 0.3 is 0 Å². The molecule has 29 heavy (non-hydrogen) atoms. The molecule has 1 N–H and O–H groups in total. The molecule has 1 aliphatic heterocycles. The van der Waals surface area contributed by atoms with Gasteiger partial charge in [0, 0.05) is 30.4 Å². The van der Waals surface area contributed by atoms with Crippen LogP contribution >= 0.6 is 0 Å². The van der Waals surface area contributed by atoms with Gasteiger partial charge in [-0.3, -0.25) is 14.9 Å². The molecule has 0 bridgehead atoms. The highest BCUT2D eigenvalue weighted by Gasteiger charge is 2.23. The Morgan fingerprint density at radius 1 is 1.03 bits per heavy atom. The zero-order valence-electron chi connectivity index (χ0n) is 15.5. The maximum absolute atomic E-state index is 12.5. The number of hydrogen-bond acceptors (Lipinski definition) is 6. The monoisotopic (exact) mass is 393 g/mol. The summed E-state index contributed by atoms with van der Waals surface area (Å²) in [6.45, 7) is 2.22. The first-order valence-electron chi connectivity index (χ1n) is 9.19. The molecule has 1 aromatic heterocycles. The number of ether oxygens (including phenoxy) is 1. The number of morpholine rings is 1. The third-order valence-electron chi connectivity index (χ3n) is 4.67. The van der Waals surface area contributed by atoms with Gasteiger partial charge in [0.15, 0.2) is 5.76 Å². The normalized spacial score (nSPS) is 13.9. The van der Waals surface area contributed by atoms with Crippen LogP contribution in [0.15, 0.2) is 65.1 Å². The van der Waals surface area contributed by atoms with Crippen LogP contribution in [0.3, 0.4) is 0 Å². The molecular weight excluding hydrogens is 374 g/mol. The van der Waals surface area contributed by atoms with Crippen LogP contribution in [-0.4, -0.2) is 37.1 Å². The van der Waals surface area contributed by atoms with Crippen LogP contribution in [0, 0.1) is 10.1 Å². The molecule has 8 nitrogen and oxygen atoms in total. The molecule has 4 rings (SSSR count). The number of carbonyl (C=O) groups excluding carboxylic acids is 1. The van der Waals surface area contributed by atoms with E-state index in [4.69, 9.17) is 9.15 Å². The average Bonchev–Trinajstić information content (AvgIpc) is 3.25. The first kappa shape index (κ1) is 18.7. The largest absolute Gasteiger partial charge is 0.451 e. The van der Waals surface area contributed by atoms with E-state index in [2.05, 4.69) is 5.32 Å². The first-order chi connectivity index (χ1) is 14.1. The van der Waals surface area contributed by atoms with Crippen molar-refractivity contribution < 1.29 is 18.9 Å². The standard InChI is InChI=1S/C21H19N3O5/c25-21(20-9-8-19(29-20)15-4-2-1-3-5-15)22-16-6-7-17(18(14-16)24(26)27)23-10-12-28-13-11-23/h1-9,14H,10-13H2,(H,22,25). The van der Waals surface area contributed by atoms with Gasteiger partial charge < -0.3 is 19.4 Å². The van der Waals surface area contributed by atoms with Gasteiger partial charge in [-0.05, 0) is 24.3 Å². The Bertz CT molecular complexity index is 1030. The molecule has 0 spiro atoms. The van der Waals surface area contributed by atoms with Crippen molar-refractivity contribution in [3.05, 3.63) is 76.5 Å². The van der Waals surface area contributed by atoms with E-state index in [-0.39, 0.29) is 11.4 Å². The molecule has 0 atom stereocenters. The first-order valence-corrected chi connectivity index (χ1v) is 9.19. The van der Waals surface area contributed by atoms with Gasteiger partial charge in [-0.2, -0.15) is 0 Å². The summed E-state index contributed by atoms with van der Waals surface area (Å²) in [5, 5.41) is 14.2. The second-order valence-corrected chi connectivity index (χ2v) is 6.54. The van der Waals surface area contributed by atoms with Crippen molar-refractivity contribution in [2.45, 2.75) is 0 Å². The number of nitrogens with zero attached hydrogens (tertiary/aromatic N) is 2. The van der Waals surface area contributed by atoms with Gasteiger partial charge in [-0.1, -0.05) is 30.3 Å². The van der Waals surface area contributed by atoms with E-state index in [1.54, 1.807) is 24.3 Å². The molecular formula is C21H19N3O5. The highest BCUT2D eigenvalue weighted by atomic mass is 16.6. The van der Waals surface area contributed by atoms with E-state index < -0.39 is 10.8 Å². The molecule has 2 aromatic carbocycles. The summed E-state index contributed by atoms with van der Waals surface area (Å²) in [4.78, 5) is 25.5. The summed E-state index contributed by atoms with van der Waals surface area (Å²) >= 11 is 0. The Balaban J connectivity index is 1.53. The number of nitrogens with one attached hydrogen (secondary N) is 1. The van der Waals surface area contributed by atoms with Gasteiger partial charge in [0.1, 0.15) is 11.4 Å². The summed E-state index contributed by atoms with van der Waals surface area (Å²) in [5.41, 5.74) is 1.64. The predicted octanol–water partition coefficient (Wildman–Crippen LogP) is 3.94. The van der Waals surface area contributed by atoms with Crippen LogP contribution in [-0.2, 0) is 4.74 Å². The summed E-state index contributed by atoms with van der Waals surface area (Å²) in [6.07, 6.45) is 0. The Morgan fingerprint density at radius 2 is 1.79 bits per heavy atom. The highest BCUT2D eigenvalue weighted by molar-refractivity contribution is 6.03. The van der Waals surface area contributed by atoms with E-state index in [0.29, 0.717) is 43.4 Å². The molecule has 0 aliphatic carbocycles. The Morgan fingerprint density at radius 3 is 2.52 bits per heavy atom. The lowest BCUT2D eigenvalue weighted by molar-refractivity contribution is -0.384. The van der Waals surface area contributed by atoms with Crippen molar-refractivity contribution in [1.82, 2.24) is 0 Å². The molecule has 0 unspecified atom stereocenters. The number of benzene rings is 2. The fourth-order valence-electron chi connectivity index (χ4n) is 3.23. The minimum absolute atomic E-state index is 0.0610. The molecule has 0 radical (unpaired) electrons. The lowest BCUT2D eigenvalue weighted by Gasteiger charge is -2.28. The Hall–Kier alpha value is -3.65. The number of nitro benzene ring substituents is 1. The summed E-state index contributed by atoms with van der Waals surface area (Å²) < 4.78 is 10.9. The van der Waals surface area contributed by atoms with Crippen LogP contribution in [0.1, 0.15) is 10.6 Å². The quantitative estimate of drug-likeness (QED) is 0.521. The van der Waals surface area contributed by atoms with E-state index in [1.165, 1.54) is 6.07 Å². The molecule has 3 aromatic rings. The van der Waals surface area contributed by atoms with Crippen molar-refractivity contribution in [1.29, 1.82) is 0 Å². The van der Waals surface area contributed by atoms with E-state index in [9.17, 15) is 14.9 Å². The maximum atomic E-state index is 12.5. The Labute approximate surface area is 166 Å². The van der Waals surface area contributed by atoms with Crippen molar-refractivity contribution in [3.63, 3.8) is 0 Å². The zero-order valence-corrected chi connectivity index (χ0v) is 15.5. The summed E-state index contributed by atoms with van der Waals surface area (Å²) in [7, 11) is 0. The molecule has 148 valence electrons. The molecule has 1 fully saturated rings. The molecule has 0 saturated carbocycles. The van der Waals surface area contributed by atoms with Crippen molar-refractivity contribution in [3.8, 4) is 11.3 Å². The lowest BCUT2D eigenvalue weighted by Crippen LogP contribution is -2.36. The molecule has 1 saturated heterocycles. The van der Waals surface area contributed by atoms with E-state index >= 15 is 0 Å². The molecule has 8 heteroatoms.